The SMILES string of the molecule is CCCCCCOc1ccc(Br)cc1C(=O)NC(=S)Nc1ccc(C(=O)NCCCOC)cc1. The zero-order valence-electron chi connectivity index (χ0n) is 19.6. The number of anilines is 1. The zero-order valence-corrected chi connectivity index (χ0v) is 22.0. The minimum atomic E-state index is -0.366. The molecule has 0 aliphatic heterocycles. The highest BCUT2D eigenvalue weighted by Gasteiger charge is 2.15. The second-order valence-electron chi connectivity index (χ2n) is 7.64. The summed E-state index contributed by atoms with van der Waals surface area (Å²) in [6.45, 7) is 3.85. The van der Waals surface area contributed by atoms with Crippen molar-refractivity contribution in [3.63, 3.8) is 0 Å². The van der Waals surface area contributed by atoms with Crippen LogP contribution in [0.1, 0.15) is 59.7 Å². The average molecular weight is 551 g/mol. The Morgan fingerprint density at radius 3 is 2.44 bits per heavy atom. The molecule has 34 heavy (non-hydrogen) atoms. The number of hydrogen-bond acceptors (Lipinski definition) is 5. The summed E-state index contributed by atoms with van der Waals surface area (Å²) in [5, 5.41) is 8.64. The lowest BCUT2D eigenvalue weighted by molar-refractivity contribution is 0.0946. The second kappa shape index (κ2) is 15.4. The van der Waals surface area contributed by atoms with Gasteiger partial charge in [0.15, 0.2) is 5.11 Å². The van der Waals surface area contributed by atoms with Crippen molar-refractivity contribution in [3.8, 4) is 5.75 Å². The summed E-state index contributed by atoms with van der Waals surface area (Å²) in [6.07, 6.45) is 5.10. The second-order valence-corrected chi connectivity index (χ2v) is 8.96. The fraction of sp³-hybridized carbons (Fsp3) is 0.400. The lowest BCUT2D eigenvalue weighted by Gasteiger charge is -2.14. The Labute approximate surface area is 215 Å². The fourth-order valence-corrected chi connectivity index (χ4v) is 3.65. The van der Waals surface area contributed by atoms with E-state index in [-0.39, 0.29) is 16.9 Å². The summed E-state index contributed by atoms with van der Waals surface area (Å²) in [5.41, 5.74) is 1.59. The highest BCUT2D eigenvalue weighted by atomic mass is 79.9. The van der Waals surface area contributed by atoms with Gasteiger partial charge in [-0.1, -0.05) is 42.1 Å². The summed E-state index contributed by atoms with van der Waals surface area (Å²) in [6, 6.07) is 12.2. The van der Waals surface area contributed by atoms with Crippen molar-refractivity contribution in [1.82, 2.24) is 10.6 Å². The lowest BCUT2D eigenvalue weighted by Crippen LogP contribution is -2.34. The third-order valence-corrected chi connectivity index (χ3v) is 5.58. The van der Waals surface area contributed by atoms with Crippen LogP contribution in [0, 0.1) is 0 Å². The molecule has 0 aromatic heterocycles. The van der Waals surface area contributed by atoms with Gasteiger partial charge in [-0.2, -0.15) is 0 Å². The van der Waals surface area contributed by atoms with E-state index >= 15 is 0 Å². The summed E-state index contributed by atoms with van der Waals surface area (Å²) in [4.78, 5) is 25.0. The van der Waals surface area contributed by atoms with E-state index in [2.05, 4.69) is 38.8 Å². The minimum Gasteiger partial charge on any atom is -0.493 e. The number of halogens is 1. The molecule has 3 N–H and O–H groups in total. The van der Waals surface area contributed by atoms with Crippen LogP contribution in [0.4, 0.5) is 5.69 Å². The molecule has 0 spiro atoms. The van der Waals surface area contributed by atoms with Crippen molar-refractivity contribution in [1.29, 1.82) is 0 Å². The number of carbonyl (C=O) groups excluding carboxylic acids is 2. The summed E-state index contributed by atoms with van der Waals surface area (Å²) < 4.78 is 11.6. The number of hydrogen-bond donors (Lipinski definition) is 3. The number of methoxy groups -OCH3 is 1. The van der Waals surface area contributed by atoms with E-state index < -0.39 is 0 Å². The zero-order chi connectivity index (χ0) is 24.8. The van der Waals surface area contributed by atoms with Gasteiger partial charge >= 0.3 is 0 Å². The molecular formula is C25H32BrN3O4S. The maximum Gasteiger partial charge on any atom is 0.261 e. The lowest BCUT2D eigenvalue weighted by atomic mass is 10.2. The molecule has 2 amide bonds. The minimum absolute atomic E-state index is 0.149. The van der Waals surface area contributed by atoms with Crippen molar-refractivity contribution < 1.29 is 19.1 Å². The maximum absolute atomic E-state index is 12.8. The number of thiocarbonyl (C=S) groups is 1. The molecule has 7 nitrogen and oxygen atoms in total. The maximum atomic E-state index is 12.8. The van der Waals surface area contributed by atoms with Crippen LogP contribution < -0.4 is 20.7 Å². The van der Waals surface area contributed by atoms with Crippen LogP contribution in [0.2, 0.25) is 0 Å². The molecule has 2 aromatic rings. The van der Waals surface area contributed by atoms with E-state index in [0.717, 1.165) is 36.6 Å². The van der Waals surface area contributed by atoms with E-state index in [1.54, 1.807) is 43.5 Å². The van der Waals surface area contributed by atoms with E-state index in [1.807, 2.05) is 6.07 Å². The van der Waals surface area contributed by atoms with Gasteiger partial charge in [0.25, 0.3) is 11.8 Å². The normalized spacial score (nSPS) is 10.4. The number of amides is 2. The highest BCUT2D eigenvalue weighted by molar-refractivity contribution is 9.10. The van der Waals surface area contributed by atoms with Crippen LogP contribution in [-0.4, -0.2) is 43.8 Å². The molecule has 0 radical (unpaired) electrons. The number of nitrogens with one attached hydrogen (secondary N) is 3. The van der Waals surface area contributed by atoms with Crippen molar-refractivity contribution >= 4 is 50.8 Å². The molecule has 2 rings (SSSR count). The topological polar surface area (TPSA) is 88.7 Å². The van der Waals surface area contributed by atoms with Crippen LogP contribution in [0.25, 0.3) is 0 Å². The first kappa shape index (κ1) is 27.8. The van der Waals surface area contributed by atoms with Gasteiger partial charge in [0.2, 0.25) is 0 Å². The smallest absolute Gasteiger partial charge is 0.261 e. The van der Waals surface area contributed by atoms with Crippen molar-refractivity contribution in [3.05, 3.63) is 58.1 Å². The first-order valence-corrected chi connectivity index (χ1v) is 12.6. The van der Waals surface area contributed by atoms with Gasteiger partial charge in [-0.3, -0.25) is 14.9 Å². The van der Waals surface area contributed by atoms with Gasteiger partial charge in [-0.25, -0.2) is 0 Å². The molecule has 0 saturated carbocycles. The fourth-order valence-electron chi connectivity index (χ4n) is 3.07. The molecule has 0 saturated heterocycles. The van der Waals surface area contributed by atoms with Crippen LogP contribution >= 0.6 is 28.1 Å². The molecule has 0 aliphatic rings. The van der Waals surface area contributed by atoms with Crippen LogP contribution in [0.5, 0.6) is 5.75 Å². The average Bonchev–Trinajstić information content (AvgIpc) is 2.82. The number of benzene rings is 2. The summed E-state index contributed by atoms with van der Waals surface area (Å²) in [5.74, 6) is -0.00862. The Hall–Kier alpha value is -2.49. The Morgan fingerprint density at radius 2 is 1.74 bits per heavy atom. The van der Waals surface area contributed by atoms with E-state index in [9.17, 15) is 9.59 Å². The first-order chi connectivity index (χ1) is 16.4. The largest absolute Gasteiger partial charge is 0.493 e. The Morgan fingerprint density at radius 1 is 0.971 bits per heavy atom. The third-order valence-electron chi connectivity index (χ3n) is 4.88. The van der Waals surface area contributed by atoms with Gasteiger partial charge in [0.05, 0.1) is 12.2 Å². The molecule has 9 heteroatoms. The standard InChI is InChI=1S/C25H32BrN3O4S/c1-3-4-5-6-16-33-22-13-10-19(26)17-21(22)24(31)29-25(34)28-20-11-8-18(9-12-20)23(30)27-14-7-15-32-2/h8-13,17H,3-7,14-16H2,1-2H3,(H,27,30)(H2,28,29,31,34). The van der Waals surface area contributed by atoms with Gasteiger partial charge < -0.3 is 20.1 Å². The molecular weight excluding hydrogens is 518 g/mol. The van der Waals surface area contributed by atoms with Crippen molar-refractivity contribution in [2.75, 3.05) is 32.2 Å². The molecule has 0 aliphatic carbocycles. The molecule has 2 aromatic carbocycles. The van der Waals surface area contributed by atoms with E-state index in [4.69, 9.17) is 21.7 Å². The number of ether oxygens (including phenoxy) is 2. The Balaban J connectivity index is 1.90. The summed E-state index contributed by atoms with van der Waals surface area (Å²) >= 11 is 8.71. The van der Waals surface area contributed by atoms with E-state index in [0.29, 0.717) is 42.3 Å². The molecule has 184 valence electrons. The van der Waals surface area contributed by atoms with Gasteiger partial charge in [0.1, 0.15) is 5.75 Å². The molecule has 0 unspecified atom stereocenters. The summed E-state index contributed by atoms with van der Waals surface area (Å²) in [7, 11) is 1.63. The van der Waals surface area contributed by atoms with Crippen LogP contribution in [0.15, 0.2) is 46.9 Å². The Bertz CT molecular complexity index is 954. The highest BCUT2D eigenvalue weighted by Crippen LogP contribution is 2.24. The van der Waals surface area contributed by atoms with Crippen molar-refractivity contribution in [2.24, 2.45) is 0 Å². The number of unbranched alkanes of at least 4 members (excludes halogenated alkanes) is 3. The van der Waals surface area contributed by atoms with Crippen LogP contribution in [0.3, 0.4) is 0 Å². The molecule has 0 atom stereocenters. The predicted molar refractivity (Wildman–Crippen MR) is 143 cm³/mol. The first-order valence-electron chi connectivity index (χ1n) is 11.4. The van der Waals surface area contributed by atoms with Crippen LogP contribution in [-0.2, 0) is 4.74 Å². The van der Waals surface area contributed by atoms with Crippen molar-refractivity contribution in [2.45, 2.75) is 39.0 Å². The van der Waals surface area contributed by atoms with Gasteiger partial charge in [0, 0.05) is 36.0 Å². The van der Waals surface area contributed by atoms with E-state index in [1.165, 1.54) is 0 Å². The predicted octanol–water partition coefficient (Wildman–Crippen LogP) is 5.30. The monoisotopic (exact) mass is 549 g/mol. The molecule has 0 heterocycles. The Kier molecular flexibility index (Phi) is 12.6. The number of rotatable bonds is 13. The number of carbonyl (C=O) groups is 2. The van der Waals surface area contributed by atoms with Gasteiger partial charge in [-0.15, -0.1) is 0 Å². The van der Waals surface area contributed by atoms with Gasteiger partial charge in [-0.05, 0) is 67.5 Å². The molecule has 0 fully saturated rings. The quantitative estimate of drug-likeness (QED) is 0.232. The molecule has 0 bridgehead atoms. The third kappa shape index (κ3) is 9.79.